The summed E-state index contributed by atoms with van der Waals surface area (Å²) in [4.78, 5) is 0. The Morgan fingerprint density at radius 2 is 2.00 bits per heavy atom. The Kier molecular flexibility index (Phi) is 4.84. The molecule has 0 heterocycles. The van der Waals surface area contributed by atoms with Crippen molar-refractivity contribution in [1.29, 1.82) is 0 Å². The van der Waals surface area contributed by atoms with Crippen LogP contribution in [-0.2, 0) is 5.41 Å². The first-order chi connectivity index (χ1) is 7.93. The van der Waals surface area contributed by atoms with Gasteiger partial charge in [0.1, 0.15) is 5.75 Å². The molecule has 0 radical (unpaired) electrons. The van der Waals surface area contributed by atoms with Gasteiger partial charge in [-0.05, 0) is 35.7 Å². The molecule has 0 aliphatic rings. The SMILES string of the molecule is CNC(CCl)c1ccc(OC)c(C(C)(C)C)c1. The molecule has 1 atom stereocenters. The third-order valence-corrected chi connectivity index (χ3v) is 3.25. The zero-order valence-corrected chi connectivity index (χ0v) is 12.1. The fourth-order valence-corrected chi connectivity index (χ4v) is 2.19. The van der Waals surface area contributed by atoms with E-state index >= 15 is 0 Å². The van der Waals surface area contributed by atoms with Crippen LogP contribution in [0.4, 0.5) is 0 Å². The van der Waals surface area contributed by atoms with Crippen LogP contribution in [-0.4, -0.2) is 20.0 Å². The molecule has 0 bridgehead atoms. The lowest BCUT2D eigenvalue weighted by molar-refractivity contribution is 0.397. The highest BCUT2D eigenvalue weighted by Gasteiger charge is 2.20. The van der Waals surface area contributed by atoms with Crippen molar-refractivity contribution >= 4 is 11.6 Å². The average Bonchev–Trinajstić information content (AvgIpc) is 2.29. The molecule has 1 aromatic rings. The lowest BCUT2D eigenvalue weighted by Gasteiger charge is -2.24. The summed E-state index contributed by atoms with van der Waals surface area (Å²) in [6.45, 7) is 6.55. The van der Waals surface area contributed by atoms with Crippen LogP contribution in [0.15, 0.2) is 18.2 Å². The van der Waals surface area contributed by atoms with Gasteiger partial charge in [-0.1, -0.05) is 26.8 Å². The van der Waals surface area contributed by atoms with Gasteiger partial charge in [0.25, 0.3) is 0 Å². The van der Waals surface area contributed by atoms with E-state index in [1.54, 1.807) is 7.11 Å². The van der Waals surface area contributed by atoms with E-state index in [1.165, 1.54) is 11.1 Å². The Balaban J connectivity index is 3.22. The standard InChI is InChI=1S/C14H22ClNO/c1-14(2,3)11-8-10(12(9-15)16-4)6-7-13(11)17-5/h6-8,12,16H,9H2,1-5H3. The lowest BCUT2D eigenvalue weighted by atomic mass is 9.84. The van der Waals surface area contributed by atoms with Crippen molar-refractivity contribution in [1.82, 2.24) is 5.32 Å². The quantitative estimate of drug-likeness (QED) is 0.832. The predicted octanol–water partition coefficient (Wildman–Crippen LogP) is 3.49. The molecule has 2 nitrogen and oxygen atoms in total. The van der Waals surface area contributed by atoms with Gasteiger partial charge in [0.15, 0.2) is 0 Å². The van der Waals surface area contributed by atoms with Gasteiger partial charge in [0.05, 0.1) is 7.11 Å². The maximum Gasteiger partial charge on any atom is 0.122 e. The van der Waals surface area contributed by atoms with Crippen LogP contribution in [0.3, 0.4) is 0 Å². The van der Waals surface area contributed by atoms with Crippen LogP contribution in [0.2, 0.25) is 0 Å². The summed E-state index contributed by atoms with van der Waals surface area (Å²) in [7, 11) is 3.63. The molecule has 0 amide bonds. The normalized spacial score (nSPS) is 13.5. The van der Waals surface area contributed by atoms with E-state index in [4.69, 9.17) is 16.3 Å². The van der Waals surface area contributed by atoms with Crippen molar-refractivity contribution in [2.24, 2.45) is 0 Å². The second-order valence-corrected chi connectivity index (χ2v) is 5.51. The Hall–Kier alpha value is -0.730. The molecule has 0 aliphatic carbocycles. The molecule has 0 spiro atoms. The number of rotatable bonds is 4. The second-order valence-electron chi connectivity index (χ2n) is 5.21. The van der Waals surface area contributed by atoms with Gasteiger partial charge in [-0.2, -0.15) is 0 Å². The number of hydrogen-bond donors (Lipinski definition) is 1. The number of benzene rings is 1. The predicted molar refractivity (Wildman–Crippen MR) is 74.2 cm³/mol. The molecule has 17 heavy (non-hydrogen) atoms. The Morgan fingerprint density at radius 1 is 1.35 bits per heavy atom. The Bertz CT molecular complexity index is 367. The van der Waals surface area contributed by atoms with Crippen LogP contribution in [0.5, 0.6) is 5.75 Å². The number of ether oxygens (including phenoxy) is 1. The maximum atomic E-state index is 5.95. The van der Waals surface area contributed by atoms with Crippen LogP contribution >= 0.6 is 11.6 Å². The van der Waals surface area contributed by atoms with E-state index < -0.39 is 0 Å². The summed E-state index contributed by atoms with van der Waals surface area (Å²) >= 11 is 5.95. The van der Waals surface area contributed by atoms with E-state index in [1.807, 2.05) is 13.1 Å². The van der Waals surface area contributed by atoms with Gasteiger partial charge in [0, 0.05) is 11.9 Å². The van der Waals surface area contributed by atoms with Gasteiger partial charge < -0.3 is 10.1 Å². The molecule has 0 aromatic heterocycles. The van der Waals surface area contributed by atoms with E-state index in [0.29, 0.717) is 5.88 Å². The average molecular weight is 256 g/mol. The van der Waals surface area contributed by atoms with Gasteiger partial charge in [-0.15, -0.1) is 11.6 Å². The first-order valence-electron chi connectivity index (χ1n) is 5.85. The van der Waals surface area contributed by atoms with Crippen molar-refractivity contribution < 1.29 is 4.74 Å². The first-order valence-corrected chi connectivity index (χ1v) is 6.39. The smallest absolute Gasteiger partial charge is 0.122 e. The molecule has 0 saturated carbocycles. The highest BCUT2D eigenvalue weighted by atomic mass is 35.5. The zero-order chi connectivity index (χ0) is 13.1. The van der Waals surface area contributed by atoms with Crippen LogP contribution in [0.25, 0.3) is 0 Å². The summed E-state index contributed by atoms with van der Waals surface area (Å²) in [5.41, 5.74) is 2.47. The number of hydrogen-bond acceptors (Lipinski definition) is 2. The third kappa shape index (κ3) is 3.36. The lowest BCUT2D eigenvalue weighted by Crippen LogP contribution is -2.19. The van der Waals surface area contributed by atoms with Crippen molar-refractivity contribution in [2.45, 2.75) is 32.2 Å². The third-order valence-electron chi connectivity index (χ3n) is 2.94. The molecule has 96 valence electrons. The molecular formula is C14H22ClNO. The number of halogens is 1. The molecule has 1 unspecified atom stereocenters. The van der Waals surface area contributed by atoms with Crippen molar-refractivity contribution in [3.63, 3.8) is 0 Å². The minimum atomic E-state index is 0.0615. The fraction of sp³-hybridized carbons (Fsp3) is 0.571. The monoisotopic (exact) mass is 255 g/mol. The molecule has 0 aliphatic heterocycles. The zero-order valence-electron chi connectivity index (χ0n) is 11.3. The van der Waals surface area contributed by atoms with Crippen molar-refractivity contribution in [2.75, 3.05) is 20.0 Å². The summed E-state index contributed by atoms with van der Waals surface area (Å²) in [5, 5.41) is 3.21. The van der Waals surface area contributed by atoms with E-state index in [2.05, 4.69) is 38.2 Å². The second kappa shape index (κ2) is 5.74. The molecule has 0 fully saturated rings. The molecular weight excluding hydrogens is 234 g/mol. The van der Waals surface area contributed by atoms with Gasteiger partial charge in [-0.3, -0.25) is 0 Å². The van der Waals surface area contributed by atoms with E-state index in [9.17, 15) is 0 Å². The minimum absolute atomic E-state index is 0.0615. The Labute approximate surface area is 109 Å². The summed E-state index contributed by atoms with van der Waals surface area (Å²) in [6.07, 6.45) is 0. The van der Waals surface area contributed by atoms with Crippen LogP contribution in [0.1, 0.15) is 37.9 Å². The summed E-state index contributed by atoms with van der Waals surface area (Å²) < 4.78 is 5.42. The minimum Gasteiger partial charge on any atom is -0.496 e. The highest BCUT2D eigenvalue weighted by molar-refractivity contribution is 6.18. The Morgan fingerprint density at radius 3 is 2.41 bits per heavy atom. The number of alkyl halides is 1. The maximum absolute atomic E-state index is 5.95. The molecule has 1 aromatic carbocycles. The fourth-order valence-electron chi connectivity index (χ4n) is 1.86. The summed E-state index contributed by atoms with van der Waals surface area (Å²) in [5.74, 6) is 1.50. The number of nitrogens with one attached hydrogen (secondary N) is 1. The van der Waals surface area contributed by atoms with Crippen molar-refractivity contribution in [3.05, 3.63) is 29.3 Å². The first kappa shape index (κ1) is 14.3. The van der Waals surface area contributed by atoms with Gasteiger partial charge >= 0.3 is 0 Å². The largest absolute Gasteiger partial charge is 0.496 e. The topological polar surface area (TPSA) is 21.3 Å². The van der Waals surface area contributed by atoms with E-state index in [0.717, 1.165) is 5.75 Å². The highest BCUT2D eigenvalue weighted by Crippen LogP contribution is 2.33. The molecule has 1 rings (SSSR count). The molecule has 3 heteroatoms. The molecule has 1 N–H and O–H groups in total. The van der Waals surface area contributed by atoms with Gasteiger partial charge in [-0.25, -0.2) is 0 Å². The molecule has 0 saturated heterocycles. The van der Waals surface area contributed by atoms with Crippen LogP contribution in [0, 0.1) is 0 Å². The van der Waals surface area contributed by atoms with Gasteiger partial charge in [0.2, 0.25) is 0 Å². The van der Waals surface area contributed by atoms with E-state index in [-0.39, 0.29) is 11.5 Å². The van der Waals surface area contributed by atoms with Crippen molar-refractivity contribution in [3.8, 4) is 5.75 Å². The summed E-state index contributed by atoms with van der Waals surface area (Å²) in [6, 6.07) is 6.45. The van der Waals surface area contributed by atoms with Crippen LogP contribution < -0.4 is 10.1 Å². The number of methoxy groups -OCH3 is 1.